The van der Waals surface area contributed by atoms with Gasteiger partial charge in [-0.25, -0.2) is 0 Å². The molecule has 0 nitrogen and oxygen atoms in total. The minimum atomic E-state index is 0.459. The highest BCUT2D eigenvalue weighted by molar-refractivity contribution is 6.77. The second-order valence-corrected chi connectivity index (χ2v) is 7.39. The van der Waals surface area contributed by atoms with E-state index < -0.39 is 0 Å². The zero-order chi connectivity index (χ0) is 4.62. The van der Waals surface area contributed by atoms with Crippen LogP contribution in [0.15, 0.2) is 0 Å². The zero-order valence-electron chi connectivity index (χ0n) is 4.54. The molecule has 39 valence electrons. The Bertz CT molecular complexity index is 114. The molecule has 0 aromatic carbocycles. The van der Waals surface area contributed by atoms with E-state index in [0.717, 1.165) is 0 Å². The molecule has 3 aliphatic carbocycles. The maximum absolute atomic E-state index is 1.44. The van der Waals surface area contributed by atoms with Crippen molar-refractivity contribution in [2.45, 2.75) is 16.6 Å². The molecule has 3 saturated heterocycles. The molecule has 3 aliphatic heterocycles. The summed E-state index contributed by atoms with van der Waals surface area (Å²) in [6.45, 7) is 0. The molecule has 6 aliphatic rings. The van der Waals surface area contributed by atoms with Gasteiger partial charge >= 0.3 is 0 Å². The molecule has 8 heavy (non-hydrogen) atoms. The van der Waals surface area contributed by atoms with Gasteiger partial charge in [-0.3, -0.25) is 0 Å². The summed E-state index contributed by atoms with van der Waals surface area (Å²) in [6.07, 6.45) is 0. The van der Waals surface area contributed by atoms with Gasteiger partial charge in [0, 0.05) is 0 Å². The maximum Gasteiger partial charge on any atom is 0.0596 e. The Morgan fingerprint density at radius 1 is 0.625 bits per heavy atom. The van der Waals surface area contributed by atoms with Crippen molar-refractivity contribution in [3.05, 3.63) is 0 Å². The lowest BCUT2D eigenvalue weighted by Crippen LogP contribution is -2.97. The molecule has 1 heteroatoms. The van der Waals surface area contributed by atoms with Gasteiger partial charge in [0.1, 0.15) is 0 Å². The minimum absolute atomic E-state index is 0.459. The van der Waals surface area contributed by atoms with E-state index in [1.54, 1.807) is 0 Å². The highest BCUT2D eigenvalue weighted by atomic mass is 28.3. The third-order valence-electron chi connectivity index (χ3n) is 4.98. The lowest BCUT2D eigenvalue weighted by Gasteiger charge is -3.02. The fraction of sp³-hybridized carbons (Fsp3) is 1.00. The molecular weight excluding hydrogens is 112 g/mol. The van der Waals surface area contributed by atoms with E-state index >= 15 is 0 Å². The third-order valence-corrected chi connectivity index (χ3v) is 9.59. The summed E-state index contributed by atoms with van der Waals surface area (Å²) >= 11 is 0. The van der Waals surface area contributed by atoms with E-state index in [9.17, 15) is 0 Å². The first-order valence-electron chi connectivity index (χ1n) is 3.87. The van der Waals surface area contributed by atoms with Gasteiger partial charge in [-0.05, 0) is 40.3 Å². The Hall–Kier alpha value is 0.217. The van der Waals surface area contributed by atoms with Crippen LogP contribution in [0.1, 0.15) is 0 Å². The Morgan fingerprint density at radius 3 is 1.25 bits per heavy atom. The molecule has 6 fully saturated rings. The second kappa shape index (κ2) is 0.476. The van der Waals surface area contributed by atoms with Crippen LogP contribution < -0.4 is 0 Å². The molecule has 0 amide bonds. The highest BCUT2D eigenvalue weighted by Gasteiger charge is 2.98. The van der Waals surface area contributed by atoms with E-state index in [-0.39, 0.29) is 0 Å². The van der Waals surface area contributed by atoms with Crippen LogP contribution in [0.3, 0.4) is 0 Å². The lowest BCUT2D eigenvalue weighted by molar-refractivity contribution is -0.282. The standard InChI is InChI=1S/C7H7Si/c1-2-5-3(1)7-4(1)6(2)8(5)7/h1-7H. The van der Waals surface area contributed by atoms with Gasteiger partial charge in [0.25, 0.3) is 0 Å². The second-order valence-electron chi connectivity index (χ2n) is 4.39. The monoisotopic (exact) mass is 119 g/mol. The Morgan fingerprint density at radius 2 is 1.12 bits per heavy atom. The van der Waals surface area contributed by atoms with Crippen LogP contribution in [-0.4, -0.2) is 8.80 Å². The Balaban J connectivity index is 2.00. The van der Waals surface area contributed by atoms with Crippen molar-refractivity contribution < 1.29 is 0 Å². The van der Waals surface area contributed by atoms with E-state index in [2.05, 4.69) is 0 Å². The summed E-state index contributed by atoms with van der Waals surface area (Å²) in [5, 5.41) is 0. The summed E-state index contributed by atoms with van der Waals surface area (Å²) in [5.74, 6) is 5.49. The quantitative estimate of drug-likeness (QED) is 0.419. The molecule has 0 atom stereocenters. The van der Waals surface area contributed by atoms with Crippen LogP contribution in [0.25, 0.3) is 0 Å². The van der Waals surface area contributed by atoms with Crippen molar-refractivity contribution in [3.8, 4) is 0 Å². The minimum Gasteiger partial charge on any atom is -0.0404 e. The summed E-state index contributed by atoms with van der Waals surface area (Å²) in [6, 6.07) is 0. The third kappa shape index (κ3) is 0.0728. The molecular formula is C7H7Si. The van der Waals surface area contributed by atoms with Gasteiger partial charge in [-0.15, -0.1) is 0 Å². The summed E-state index contributed by atoms with van der Waals surface area (Å²) in [4.78, 5) is 0. The predicted molar refractivity (Wildman–Crippen MR) is 31.0 cm³/mol. The van der Waals surface area contributed by atoms with Crippen molar-refractivity contribution in [2.75, 3.05) is 0 Å². The molecule has 1 radical (unpaired) electrons. The number of hydrogen-bond acceptors (Lipinski definition) is 0. The summed E-state index contributed by atoms with van der Waals surface area (Å²) in [5.41, 5.74) is 4.31. The first kappa shape index (κ1) is 2.87. The number of hydrogen-bond donors (Lipinski definition) is 0. The molecule has 0 N–H and O–H groups in total. The van der Waals surface area contributed by atoms with Gasteiger partial charge in [0.15, 0.2) is 0 Å². The number of rotatable bonds is 0. The van der Waals surface area contributed by atoms with E-state index in [0.29, 0.717) is 8.80 Å². The van der Waals surface area contributed by atoms with Gasteiger partial charge in [-0.1, -0.05) is 0 Å². The smallest absolute Gasteiger partial charge is 0.0404 e. The van der Waals surface area contributed by atoms with Gasteiger partial charge in [0.05, 0.1) is 8.80 Å². The van der Waals surface area contributed by atoms with E-state index in [1.165, 1.54) is 40.3 Å². The summed E-state index contributed by atoms with van der Waals surface area (Å²) in [7, 11) is 0.459. The van der Waals surface area contributed by atoms with Crippen LogP contribution in [0.2, 0.25) is 16.6 Å². The van der Waals surface area contributed by atoms with Gasteiger partial charge in [-0.2, -0.15) is 0 Å². The topological polar surface area (TPSA) is 0 Å². The molecule has 3 saturated carbocycles. The first-order chi connectivity index (χ1) is 4.00. The first-order valence-corrected chi connectivity index (χ1v) is 5.60. The normalized spacial score (nSPS) is 101. The van der Waals surface area contributed by atoms with Crippen LogP contribution >= 0.6 is 0 Å². The van der Waals surface area contributed by atoms with Crippen LogP contribution in [-0.2, 0) is 0 Å². The Kier molecular flexibility index (Phi) is 0.170. The molecule has 3 heterocycles. The van der Waals surface area contributed by atoms with Crippen molar-refractivity contribution in [1.82, 2.24) is 0 Å². The fourth-order valence-electron chi connectivity index (χ4n) is 4.85. The van der Waals surface area contributed by atoms with Crippen LogP contribution in [0.4, 0.5) is 0 Å². The van der Waals surface area contributed by atoms with Crippen molar-refractivity contribution in [3.63, 3.8) is 0 Å². The average molecular weight is 119 g/mol. The SMILES string of the molecule is C12C3C4C1C1C2C3[Si]41. The lowest BCUT2D eigenvalue weighted by atomic mass is 9.32. The average Bonchev–Trinajstić information content (AvgIpc) is 1.90. The molecule has 0 unspecified atom stereocenters. The largest absolute Gasteiger partial charge is 0.0596 e. The van der Waals surface area contributed by atoms with Crippen LogP contribution in [0, 0.1) is 23.7 Å². The van der Waals surface area contributed by atoms with Crippen LogP contribution in [0.5, 0.6) is 0 Å². The zero-order valence-corrected chi connectivity index (χ0v) is 5.54. The maximum atomic E-state index is 1.44. The molecule has 6 rings (SSSR count). The van der Waals surface area contributed by atoms with Gasteiger partial charge < -0.3 is 0 Å². The fourth-order valence-corrected chi connectivity index (χ4v) is 10.4. The van der Waals surface area contributed by atoms with Gasteiger partial charge in [0.2, 0.25) is 0 Å². The predicted octanol–water partition coefficient (Wildman–Crippen LogP) is 1.12. The molecule has 0 bridgehead atoms. The van der Waals surface area contributed by atoms with Crippen molar-refractivity contribution >= 4 is 8.80 Å². The van der Waals surface area contributed by atoms with E-state index in [4.69, 9.17) is 0 Å². The van der Waals surface area contributed by atoms with E-state index in [1.807, 2.05) is 0 Å². The molecule has 0 aromatic heterocycles. The Labute approximate surface area is 49.9 Å². The molecule has 0 aromatic rings. The molecule has 0 spiro atoms. The van der Waals surface area contributed by atoms with Crippen molar-refractivity contribution in [1.29, 1.82) is 0 Å². The highest BCUT2D eigenvalue weighted by Crippen LogP contribution is 3.04. The van der Waals surface area contributed by atoms with Crippen molar-refractivity contribution in [2.24, 2.45) is 23.7 Å². The summed E-state index contributed by atoms with van der Waals surface area (Å²) < 4.78 is 0.